The van der Waals surface area contributed by atoms with Crippen LogP contribution >= 0.6 is 35.6 Å². The van der Waals surface area contributed by atoms with Crippen LogP contribution in [0, 0.1) is 0 Å². The van der Waals surface area contributed by atoms with Gasteiger partial charge < -0.3 is 5.32 Å². The van der Waals surface area contributed by atoms with E-state index in [1.54, 1.807) is 11.8 Å². The van der Waals surface area contributed by atoms with Gasteiger partial charge in [0.1, 0.15) is 0 Å². The van der Waals surface area contributed by atoms with Gasteiger partial charge in [-0.2, -0.15) is 0 Å². The van der Waals surface area contributed by atoms with Crippen LogP contribution in [0.25, 0.3) is 0 Å². The van der Waals surface area contributed by atoms with Crippen molar-refractivity contribution in [1.29, 1.82) is 0 Å². The van der Waals surface area contributed by atoms with E-state index < -0.39 is 0 Å². The number of aliphatic imine (C=N–C) groups is 1. The molecule has 1 saturated heterocycles. The number of para-hydroxylation sites is 1. The first kappa shape index (κ1) is 17.3. The Morgan fingerprint density at radius 1 is 1.29 bits per heavy atom. The average molecular weight is 376 g/mol. The van der Waals surface area contributed by atoms with Crippen molar-refractivity contribution in [2.45, 2.75) is 18.6 Å². The molecule has 0 aliphatic carbocycles. The lowest BCUT2D eigenvalue weighted by molar-refractivity contribution is 0.614. The minimum atomic E-state index is 0.492. The summed E-state index contributed by atoms with van der Waals surface area (Å²) in [5.41, 5.74) is 1.82. The molecule has 2 aromatic carbocycles. The Balaban J connectivity index is 1.80. The minimum absolute atomic E-state index is 0.492. The van der Waals surface area contributed by atoms with Crippen LogP contribution in [0.5, 0.6) is 0 Å². The predicted octanol–water partition coefficient (Wildman–Crippen LogP) is 5.55. The van der Waals surface area contributed by atoms with Gasteiger partial charge >= 0.3 is 0 Å². The third-order valence-corrected chi connectivity index (χ3v) is 5.54. The van der Waals surface area contributed by atoms with Gasteiger partial charge in [-0.1, -0.05) is 54.6 Å². The van der Waals surface area contributed by atoms with E-state index in [0.29, 0.717) is 15.4 Å². The molecule has 1 unspecified atom stereocenters. The zero-order valence-electron chi connectivity index (χ0n) is 13.3. The molecule has 0 radical (unpaired) electrons. The average Bonchev–Trinajstić information content (AvgIpc) is 2.99. The van der Waals surface area contributed by atoms with E-state index in [1.807, 2.05) is 54.6 Å². The Labute approximate surface area is 157 Å². The summed E-state index contributed by atoms with van der Waals surface area (Å²) in [5.74, 6) is 0. The van der Waals surface area contributed by atoms with Gasteiger partial charge in [0.25, 0.3) is 0 Å². The number of benzene rings is 2. The molecule has 0 spiro atoms. The SMILES string of the molecule is CCC1CN(C(=S)Nc2cccc(Cl)c2)/C(=N\c2ccccc2)S1. The number of rotatable bonds is 3. The number of nitrogens with zero attached hydrogens (tertiary/aromatic N) is 2. The molecule has 1 aliphatic rings. The van der Waals surface area contributed by atoms with Crippen molar-refractivity contribution in [3.05, 3.63) is 59.6 Å². The first-order chi connectivity index (χ1) is 11.7. The second kappa shape index (κ2) is 8.01. The van der Waals surface area contributed by atoms with E-state index in [1.165, 1.54) is 0 Å². The largest absolute Gasteiger partial charge is 0.332 e. The molecule has 3 rings (SSSR count). The molecule has 1 heterocycles. The maximum absolute atomic E-state index is 6.04. The number of anilines is 1. The van der Waals surface area contributed by atoms with E-state index in [0.717, 1.165) is 29.5 Å². The molecular weight excluding hydrogens is 358 g/mol. The van der Waals surface area contributed by atoms with Crippen molar-refractivity contribution in [3.63, 3.8) is 0 Å². The zero-order chi connectivity index (χ0) is 16.9. The second-order valence-corrected chi connectivity index (χ2v) is 7.52. The number of nitrogens with one attached hydrogen (secondary N) is 1. The highest BCUT2D eigenvalue weighted by Crippen LogP contribution is 2.31. The number of hydrogen-bond donors (Lipinski definition) is 1. The first-order valence-electron chi connectivity index (χ1n) is 7.80. The number of hydrogen-bond acceptors (Lipinski definition) is 3. The van der Waals surface area contributed by atoms with Gasteiger partial charge in [-0.25, -0.2) is 4.99 Å². The molecule has 0 saturated carbocycles. The molecular formula is C18H18ClN3S2. The molecule has 1 atom stereocenters. The summed E-state index contributed by atoms with van der Waals surface area (Å²) in [7, 11) is 0. The zero-order valence-corrected chi connectivity index (χ0v) is 15.7. The van der Waals surface area contributed by atoms with E-state index in [4.69, 9.17) is 28.8 Å². The summed E-state index contributed by atoms with van der Waals surface area (Å²) < 4.78 is 0. The third-order valence-electron chi connectivity index (χ3n) is 3.65. The summed E-state index contributed by atoms with van der Waals surface area (Å²) in [6, 6.07) is 17.5. The van der Waals surface area contributed by atoms with Crippen LogP contribution in [0.15, 0.2) is 59.6 Å². The van der Waals surface area contributed by atoms with Crippen molar-refractivity contribution in [2.24, 2.45) is 4.99 Å². The topological polar surface area (TPSA) is 27.6 Å². The quantitative estimate of drug-likeness (QED) is 0.711. The van der Waals surface area contributed by atoms with Crippen LogP contribution in [0.3, 0.4) is 0 Å². The van der Waals surface area contributed by atoms with E-state index in [2.05, 4.69) is 17.1 Å². The Hall–Kier alpha value is -1.56. The molecule has 1 N–H and O–H groups in total. The fraction of sp³-hybridized carbons (Fsp3) is 0.222. The standard InChI is InChI=1S/C18H18ClN3S2/c1-2-16-12-22(17(23)20-15-10-6-7-13(19)11-15)18(24-16)21-14-8-4-3-5-9-14/h3-11,16H,2,12H2,1H3,(H,20,23)/b21-18+. The highest BCUT2D eigenvalue weighted by atomic mass is 35.5. The van der Waals surface area contributed by atoms with Crippen molar-refractivity contribution < 1.29 is 0 Å². The lowest BCUT2D eigenvalue weighted by Crippen LogP contribution is -2.36. The van der Waals surface area contributed by atoms with Crippen molar-refractivity contribution in [3.8, 4) is 0 Å². The number of thioether (sulfide) groups is 1. The molecule has 0 amide bonds. The molecule has 1 fully saturated rings. The second-order valence-electron chi connectivity index (χ2n) is 5.43. The monoisotopic (exact) mass is 375 g/mol. The molecule has 0 aromatic heterocycles. The fourth-order valence-electron chi connectivity index (χ4n) is 2.37. The summed E-state index contributed by atoms with van der Waals surface area (Å²) in [5, 5.41) is 6.03. The number of halogens is 1. The maximum atomic E-state index is 6.04. The molecule has 6 heteroatoms. The molecule has 0 bridgehead atoms. The molecule has 124 valence electrons. The molecule has 3 nitrogen and oxygen atoms in total. The van der Waals surface area contributed by atoms with Crippen LogP contribution in [0.2, 0.25) is 5.02 Å². The van der Waals surface area contributed by atoms with Crippen molar-refractivity contribution in [2.75, 3.05) is 11.9 Å². The number of thiocarbonyl (C=S) groups is 1. The highest BCUT2D eigenvalue weighted by molar-refractivity contribution is 8.14. The summed E-state index contributed by atoms with van der Waals surface area (Å²) in [4.78, 5) is 6.84. The fourth-order valence-corrected chi connectivity index (χ4v) is 4.04. The van der Waals surface area contributed by atoms with E-state index in [-0.39, 0.29) is 0 Å². The van der Waals surface area contributed by atoms with Crippen molar-refractivity contribution in [1.82, 2.24) is 4.90 Å². The van der Waals surface area contributed by atoms with Crippen molar-refractivity contribution >= 4 is 57.2 Å². The van der Waals surface area contributed by atoms with Gasteiger partial charge in [-0.15, -0.1) is 0 Å². The molecule has 24 heavy (non-hydrogen) atoms. The highest BCUT2D eigenvalue weighted by Gasteiger charge is 2.30. The van der Waals surface area contributed by atoms with Crippen LogP contribution in [-0.4, -0.2) is 27.0 Å². The van der Waals surface area contributed by atoms with Crippen LogP contribution in [0.1, 0.15) is 13.3 Å². The van der Waals surface area contributed by atoms with Gasteiger partial charge in [0.15, 0.2) is 10.3 Å². The van der Waals surface area contributed by atoms with E-state index >= 15 is 0 Å². The lowest BCUT2D eigenvalue weighted by atomic mass is 10.3. The Morgan fingerprint density at radius 2 is 2.08 bits per heavy atom. The van der Waals surface area contributed by atoms with Crippen LogP contribution in [0.4, 0.5) is 11.4 Å². The summed E-state index contributed by atoms with van der Waals surface area (Å²) >= 11 is 13.4. The minimum Gasteiger partial charge on any atom is -0.332 e. The Kier molecular flexibility index (Phi) is 5.76. The lowest BCUT2D eigenvalue weighted by Gasteiger charge is -2.20. The Bertz CT molecular complexity index is 749. The third kappa shape index (κ3) is 4.29. The van der Waals surface area contributed by atoms with E-state index in [9.17, 15) is 0 Å². The molecule has 1 aliphatic heterocycles. The first-order valence-corrected chi connectivity index (χ1v) is 9.47. The van der Waals surface area contributed by atoms with Crippen LogP contribution < -0.4 is 5.32 Å². The van der Waals surface area contributed by atoms with Crippen LogP contribution in [-0.2, 0) is 0 Å². The smallest absolute Gasteiger partial charge is 0.179 e. The van der Waals surface area contributed by atoms with Gasteiger partial charge in [0.2, 0.25) is 0 Å². The Morgan fingerprint density at radius 3 is 2.79 bits per heavy atom. The summed E-state index contributed by atoms with van der Waals surface area (Å²) in [6.45, 7) is 3.05. The van der Waals surface area contributed by atoms with Gasteiger partial charge in [-0.05, 0) is 49.0 Å². The van der Waals surface area contributed by atoms with Gasteiger partial charge in [0.05, 0.1) is 5.69 Å². The number of amidine groups is 1. The summed E-state index contributed by atoms with van der Waals surface area (Å²) in [6.07, 6.45) is 1.08. The van der Waals surface area contributed by atoms with Gasteiger partial charge in [-0.3, -0.25) is 4.90 Å². The maximum Gasteiger partial charge on any atom is 0.179 e. The normalized spacial score (nSPS) is 18.8. The van der Waals surface area contributed by atoms with Gasteiger partial charge in [0, 0.05) is 22.5 Å². The molecule has 2 aromatic rings. The predicted molar refractivity (Wildman–Crippen MR) is 110 cm³/mol.